The summed E-state index contributed by atoms with van der Waals surface area (Å²) in [6.45, 7) is 0.169. The first-order chi connectivity index (χ1) is 9.34. The topological polar surface area (TPSA) is 74.7 Å². The molecule has 1 N–H and O–H groups in total. The molecule has 0 saturated carbocycles. The Morgan fingerprint density at radius 2 is 2.00 bits per heavy atom. The Labute approximate surface area is 127 Å². The van der Waals surface area contributed by atoms with Gasteiger partial charge in [-0.2, -0.15) is 4.31 Å². The zero-order valence-corrected chi connectivity index (χ0v) is 12.7. The van der Waals surface area contributed by atoms with Gasteiger partial charge in [0.15, 0.2) is 0 Å². The van der Waals surface area contributed by atoms with Crippen LogP contribution in [0.1, 0.15) is 19.3 Å². The van der Waals surface area contributed by atoms with Crippen LogP contribution < -0.4 is 0 Å². The molecular weight excluding hydrogens is 325 g/mol. The molecule has 0 radical (unpaired) electrons. The zero-order chi connectivity index (χ0) is 14.9. The van der Waals surface area contributed by atoms with Gasteiger partial charge >= 0.3 is 5.97 Å². The Bertz CT molecular complexity index is 632. The maximum absolute atomic E-state index is 12.6. The summed E-state index contributed by atoms with van der Waals surface area (Å²) in [5.74, 6) is -1.15. The van der Waals surface area contributed by atoms with Gasteiger partial charge in [0.1, 0.15) is 10.9 Å². The molecule has 1 aliphatic heterocycles. The number of aliphatic carboxylic acids is 1. The van der Waals surface area contributed by atoms with Gasteiger partial charge in [-0.1, -0.05) is 23.2 Å². The molecule has 0 amide bonds. The van der Waals surface area contributed by atoms with E-state index in [1.807, 2.05) is 0 Å². The first-order valence-corrected chi connectivity index (χ1v) is 8.23. The molecule has 1 fully saturated rings. The smallest absolute Gasteiger partial charge is 0.322 e. The molecule has 0 spiro atoms. The molecule has 5 nitrogen and oxygen atoms in total. The van der Waals surface area contributed by atoms with Crippen molar-refractivity contribution < 1.29 is 18.3 Å². The van der Waals surface area contributed by atoms with Crippen LogP contribution in [0.5, 0.6) is 0 Å². The van der Waals surface area contributed by atoms with Crippen LogP contribution in [-0.4, -0.2) is 36.4 Å². The van der Waals surface area contributed by atoms with Gasteiger partial charge in [0.2, 0.25) is 10.0 Å². The third kappa shape index (κ3) is 2.93. The molecule has 1 heterocycles. The number of halogens is 2. The van der Waals surface area contributed by atoms with Crippen LogP contribution in [0.25, 0.3) is 0 Å². The van der Waals surface area contributed by atoms with Gasteiger partial charge in [-0.3, -0.25) is 4.79 Å². The quantitative estimate of drug-likeness (QED) is 0.919. The van der Waals surface area contributed by atoms with Gasteiger partial charge in [0.25, 0.3) is 0 Å². The van der Waals surface area contributed by atoms with Crippen molar-refractivity contribution in [3.63, 3.8) is 0 Å². The van der Waals surface area contributed by atoms with E-state index in [9.17, 15) is 18.3 Å². The van der Waals surface area contributed by atoms with E-state index in [1.54, 1.807) is 0 Å². The van der Waals surface area contributed by atoms with Gasteiger partial charge in [0, 0.05) is 11.6 Å². The van der Waals surface area contributed by atoms with Gasteiger partial charge in [-0.15, -0.1) is 0 Å². The minimum Gasteiger partial charge on any atom is -0.480 e. The standard InChI is InChI=1S/C12H13Cl2NO4S/c13-8-4-5-9(14)11(7-8)20(18,19)15-6-2-1-3-10(15)12(16)17/h4-5,7,10H,1-3,6H2,(H,16,17)/t10-/m1/s1. The fraction of sp³-hybridized carbons (Fsp3) is 0.417. The molecule has 0 aromatic heterocycles. The first kappa shape index (κ1) is 15.6. The molecular formula is C12H13Cl2NO4S. The summed E-state index contributed by atoms with van der Waals surface area (Å²) in [4.78, 5) is 11.1. The number of rotatable bonds is 3. The van der Waals surface area contributed by atoms with Crippen LogP contribution in [0, 0.1) is 0 Å². The lowest BCUT2D eigenvalue weighted by Gasteiger charge is -2.32. The van der Waals surface area contributed by atoms with E-state index in [4.69, 9.17) is 23.2 Å². The summed E-state index contributed by atoms with van der Waals surface area (Å²) in [6, 6.07) is 3.06. The third-order valence-electron chi connectivity index (χ3n) is 3.22. The highest BCUT2D eigenvalue weighted by Gasteiger charge is 2.38. The van der Waals surface area contributed by atoms with Gasteiger partial charge in [-0.05, 0) is 37.5 Å². The van der Waals surface area contributed by atoms with Crippen molar-refractivity contribution >= 4 is 39.2 Å². The number of nitrogens with zero attached hydrogens (tertiary/aromatic N) is 1. The van der Waals surface area contributed by atoms with Crippen molar-refractivity contribution in [2.45, 2.75) is 30.2 Å². The molecule has 1 saturated heterocycles. The maximum Gasteiger partial charge on any atom is 0.322 e. The number of hydrogen-bond acceptors (Lipinski definition) is 3. The third-order valence-corrected chi connectivity index (χ3v) is 5.84. The fourth-order valence-electron chi connectivity index (χ4n) is 2.24. The maximum atomic E-state index is 12.6. The number of benzene rings is 1. The van der Waals surface area contributed by atoms with Crippen LogP contribution in [0.15, 0.2) is 23.1 Å². The van der Waals surface area contributed by atoms with Crippen molar-refractivity contribution in [3.05, 3.63) is 28.2 Å². The van der Waals surface area contributed by atoms with Gasteiger partial charge < -0.3 is 5.11 Å². The molecule has 1 atom stereocenters. The lowest BCUT2D eigenvalue weighted by atomic mass is 10.1. The largest absolute Gasteiger partial charge is 0.480 e. The molecule has 0 bridgehead atoms. The molecule has 1 aliphatic rings. The summed E-state index contributed by atoms with van der Waals surface area (Å²) >= 11 is 11.7. The fourth-order valence-corrected chi connectivity index (χ4v) is 4.63. The van der Waals surface area contributed by atoms with Crippen LogP contribution in [0.4, 0.5) is 0 Å². The Hall–Kier alpha value is -0.820. The molecule has 1 aromatic carbocycles. The Morgan fingerprint density at radius 1 is 1.30 bits per heavy atom. The molecule has 20 heavy (non-hydrogen) atoms. The summed E-state index contributed by atoms with van der Waals surface area (Å²) in [7, 11) is -3.97. The van der Waals surface area contributed by atoms with E-state index in [0.29, 0.717) is 19.3 Å². The SMILES string of the molecule is O=C(O)[C@H]1CCCCN1S(=O)(=O)c1cc(Cl)ccc1Cl. The van der Waals surface area contributed by atoms with E-state index in [2.05, 4.69) is 0 Å². The van der Waals surface area contributed by atoms with Crippen molar-refractivity contribution in [1.82, 2.24) is 4.31 Å². The van der Waals surface area contributed by atoms with Crippen molar-refractivity contribution in [2.75, 3.05) is 6.54 Å². The number of sulfonamides is 1. The summed E-state index contributed by atoms with van der Waals surface area (Å²) < 4.78 is 26.2. The van der Waals surface area contributed by atoms with Crippen LogP contribution >= 0.6 is 23.2 Å². The van der Waals surface area contributed by atoms with E-state index >= 15 is 0 Å². The minimum atomic E-state index is -3.97. The Morgan fingerprint density at radius 3 is 2.65 bits per heavy atom. The van der Waals surface area contributed by atoms with E-state index in [1.165, 1.54) is 18.2 Å². The molecule has 0 unspecified atom stereocenters. The number of hydrogen-bond donors (Lipinski definition) is 1. The summed E-state index contributed by atoms with van der Waals surface area (Å²) in [6.07, 6.45) is 1.61. The minimum absolute atomic E-state index is 0.0316. The normalized spacial score (nSPS) is 20.8. The molecule has 1 aromatic rings. The zero-order valence-electron chi connectivity index (χ0n) is 10.4. The predicted octanol–water partition coefficient (Wildman–Crippen LogP) is 2.62. The molecule has 8 heteroatoms. The predicted molar refractivity (Wildman–Crippen MR) is 75.6 cm³/mol. The Kier molecular flexibility index (Phi) is 4.59. The molecule has 0 aliphatic carbocycles. The first-order valence-electron chi connectivity index (χ1n) is 6.04. The average Bonchev–Trinajstić information content (AvgIpc) is 2.41. The van der Waals surface area contributed by atoms with Gasteiger partial charge in [-0.25, -0.2) is 8.42 Å². The molecule has 2 rings (SSSR count). The second kappa shape index (κ2) is 5.89. The number of carbonyl (C=O) groups is 1. The van der Waals surface area contributed by atoms with Crippen LogP contribution in [-0.2, 0) is 14.8 Å². The van der Waals surface area contributed by atoms with E-state index in [0.717, 1.165) is 4.31 Å². The van der Waals surface area contributed by atoms with E-state index in [-0.39, 0.29) is 21.5 Å². The second-order valence-corrected chi connectivity index (χ2v) is 7.24. The summed E-state index contributed by atoms with van der Waals surface area (Å²) in [5, 5.41) is 9.44. The number of carboxylic acid groups (broad SMARTS) is 1. The van der Waals surface area contributed by atoms with Crippen molar-refractivity contribution in [2.24, 2.45) is 0 Å². The van der Waals surface area contributed by atoms with Crippen molar-refractivity contribution in [3.8, 4) is 0 Å². The van der Waals surface area contributed by atoms with E-state index < -0.39 is 22.0 Å². The lowest BCUT2D eigenvalue weighted by Crippen LogP contribution is -2.47. The monoisotopic (exact) mass is 337 g/mol. The van der Waals surface area contributed by atoms with Crippen LogP contribution in [0.3, 0.4) is 0 Å². The number of piperidine rings is 1. The average molecular weight is 338 g/mol. The summed E-state index contributed by atoms with van der Waals surface area (Å²) in [5.41, 5.74) is 0. The Balaban J connectivity index is 2.47. The lowest BCUT2D eigenvalue weighted by molar-refractivity contribution is -0.142. The van der Waals surface area contributed by atoms with Crippen LogP contribution in [0.2, 0.25) is 10.0 Å². The second-order valence-electron chi connectivity index (χ2n) is 4.54. The highest BCUT2D eigenvalue weighted by atomic mass is 35.5. The molecule has 110 valence electrons. The van der Waals surface area contributed by atoms with Gasteiger partial charge in [0.05, 0.1) is 5.02 Å². The van der Waals surface area contributed by atoms with Crippen molar-refractivity contribution in [1.29, 1.82) is 0 Å². The highest BCUT2D eigenvalue weighted by Crippen LogP contribution is 2.31. The highest BCUT2D eigenvalue weighted by molar-refractivity contribution is 7.89. The number of carboxylic acids is 1.